The van der Waals surface area contributed by atoms with Gasteiger partial charge in [0.05, 0.1) is 6.20 Å². The van der Waals surface area contributed by atoms with Crippen molar-refractivity contribution < 1.29 is 4.79 Å². The maximum atomic E-state index is 12.1. The van der Waals surface area contributed by atoms with Gasteiger partial charge in [0.2, 0.25) is 0 Å². The van der Waals surface area contributed by atoms with Crippen molar-refractivity contribution in [2.45, 2.75) is 57.9 Å². The molecule has 2 heterocycles. The van der Waals surface area contributed by atoms with Crippen molar-refractivity contribution in [2.24, 2.45) is 0 Å². The SMILES string of the molecule is CC(C)c1c[nH]c2ncc(NC(=O)NC3CCCCC3)nc12. The van der Waals surface area contributed by atoms with Crippen molar-refractivity contribution in [3.63, 3.8) is 0 Å². The summed E-state index contributed by atoms with van der Waals surface area (Å²) in [7, 11) is 0. The summed E-state index contributed by atoms with van der Waals surface area (Å²) in [6.07, 6.45) is 9.30. The Hall–Kier alpha value is -2.11. The van der Waals surface area contributed by atoms with E-state index in [1.54, 1.807) is 6.20 Å². The summed E-state index contributed by atoms with van der Waals surface area (Å²) in [5, 5.41) is 5.82. The summed E-state index contributed by atoms with van der Waals surface area (Å²) in [5.41, 5.74) is 2.69. The molecule has 0 aromatic carbocycles. The Morgan fingerprint density at radius 3 is 2.82 bits per heavy atom. The normalized spacial score (nSPS) is 16.1. The first kappa shape index (κ1) is 14.8. The highest BCUT2D eigenvalue weighted by molar-refractivity contribution is 5.89. The van der Waals surface area contributed by atoms with Gasteiger partial charge in [-0.1, -0.05) is 33.1 Å². The molecular formula is C16H23N5O. The van der Waals surface area contributed by atoms with Crippen molar-refractivity contribution in [3.05, 3.63) is 18.0 Å². The molecule has 1 saturated carbocycles. The fraction of sp³-hybridized carbons (Fsp3) is 0.562. The molecule has 118 valence electrons. The molecule has 1 aliphatic rings. The number of anilines is 1. The van der Waals surface area contributed by atoms with E-state index in [4.69, 9.17) is 0 Å². The van der Waals surface area contributed by atoms with Crippen LogP contribution in [0.4, 0.5) is 10.6 Å². The van der Waals surface area contributed by atoms with Crippen LogP contribution in [-0.4, -0.2) is 27.0 Å². The van der Waals surface area contributed by atoms with Crippen LogP contribution in [0.5, 0.6) is 0 Å². The topological polar surface area (TPSA) is 82.7 Å². The highest BCUT2D eigenvalue weighted by Gasteiger charge is 2.16. The molecule has 0 unspecified atom stereocenters. The van der Waals surface area contributed by atoms with Crippen molar-refractivity contribution in [1.29, 1.82) is 0 Å². The molecule has 3 rings (SSSR count). The molecule has 0 saturated heterocycles. The number of aromatic amines is 1. The zero-order valence-electron chi connectivity index (χ0n) is 13.1. The minimum Gasteiger partial charge on any atom is -0.345 e. The Morgan fingerprint density at radius 2 is 2.09 bits per heavy atom. The van der Waals surface area contributed by atoms with Crippen molar-refractivity contribution >= 4 is 23.0 Å². The van der Waals surface area contributed by atoms with Gasteiger partial charge in [0, 0.05) is 17.8 Å². The second-order valence-electron chi connectivity index (χ2n) is 6.28. The molecule has 3 N–H and O–H groups in total. The first-order valence-corrected chi connectivity index (χ1v) is 8.05. The van der Waals surface area contributed by atoms with Crippen LogP contribution in [0.25, 0.3) is 11.2 Å². The van der Waals surface area contributed by atoms with Crippen LogP contribution in [0.1, 0.15) is 57.4 Å². The maximum Gasteiger partial charge on any atom is 0.320 e. The third kappa shape index (κ3) is 3.21. The van der Waals surface area contributed by atoms with Crippen molar-refractivity contribution in [2.75, 3.05) is 5.32 Å². The number of hydrogen-bond donors (Lipinski definition) is 3. The van der Waals surface area contributed by atoms with E-state index in [9.17, 15) is 4.79 Å². The van der Waals surface area contributed by atoms with Gasteiger partial charge >= 0.3 is 6.03 Å². The average molecular weight is 301 g/mol. The van der Waals surface area contributed by atoms with Gasteiger partial charge < -0.3 is 10.3 Å². The van der Waals surface area contributed by atoms with E-state index in [1.165, 1.54) is 19.3 Å². The number of fused-ring (bicyclic) bond motifs is 1. The molecule has 1 fully saturated rings. The van der Waals surface area contributed by atoms with Gasteiger partial charge in [-0.3, -0.25) is 5.32 Å². The molecule has 0 aliphatic heterocycles. The van der Waals surface area contributed by atoms with Gasteiger partial charge in [-0.05, 0) is 18.8 Å². The molecule has 0 spiro atoms. The lowest BCUT2D eigenvalue weighted by molar-refractivity contribution is 0.244. The quantitative estimate of drug-likeness (QED) is 0.811. The smallest absolute Gasteiger partial charge is 0.320 e. The molecule has 2 aromatic rings. The zero-order valence-corrected chi connectivity index (χ0v) is 13.1. The van der Waals surface area contributed by atoms with E-state index >= 15 is 0 Å². The van der Waals surface area contributed by atoms with Gasteiger partial charge in [-0.2, -0.15) is 0 Å². The van der Waals surface area contributed by atoms with E-state index in [2.05, 4.69) is 39.4 Å². The molecular weight excluding hydrogens is 278 g/mol. The third-order valence-corrected chi connectivity index (χ3v) is 4.21. The summed E-state index contributed by atoms with van der Waals surface area (Å²) in [6.45, 7) is 4.22. The molecule has 0 radical (unpaired) electrons. The van der Waals surface area contributed by atoms with Crippen LogP contribution in [0.2, 0.25) is 0 Å². The van der Waals surface area contributed by atoms with Crippen LogP contribution >= 0.6 is 0 Å². The van der Waals surface area contributed by atoms with Crippen LogP contribution in [0.3, 0.4) is 0 Å². The second kappa shape index (κ2) is 6.34. The number of aromatic nitrogens is 3. The maximum absolute atomic E-state index is 12.1. The predicted molar refractivity (Wildman–Crippen MR) is 87.0 cm³/mol. The number of H-pyrrole nitrogens is 1. The molecule has 6 heteroatoms. The molecule has 2 amide bonds. The number of carbonyl (C=O) groups excluding carboxylic acids is 1. The number of amides is 2. The fourth-order valence-corrected chi connectivity index (χ4v) is 3.00. The Bertz CT molecular complexity index is 658. The monoisotopic (exact) mass is 301 g/mol. The second-order valence-corrected chi connectivity index (χ2v) is 6.28. The summed E-state index contributed by atoms with van der Waals surface area (Å²) < 4.78 is 0. The highest BCUT2D eigenvalue weighted by Crippen LogP contribution is 2.23. The number of nitrogens with one attached hydrogen (secondary N) is 3. The first-order valence-electron chi connectivity index (χ1n) is 8.05. The summed E-state index contributed by atoms with van der Waals surface area (Å²) >= 11 is 0. The minimum atomic E-state index is -0.192. The lowest BCUT2D eigenvalue weighted by Gasteiger charge is -2.22. The van der Waals surface area contributed by atoms with Gasteiger partial charge in [0.1, 0.15) is 5.52 Å². The Morgan fingerprint density at radius 1 is 1.32 bits per heavy atom. The number of rotatable bonds is 3. The summed E-state index contributed by atoms with van der Waals surface area (Å²) in [5.74, 6) is 0.844. The highest BCUT2D eigenvalue weighted by atomic mass is 16.2. The number of urea groups is 1. The molecule has 0 bridgehead atoms. The average Bonchev–Trinajstić information content (AvgIpc) is 2.91. The van der Waals surface area contributed by atoms with Gasteiger partial charge in [0.15, 0.2) is 11.5 Å². The van der Waals surface area contributed by atoms with Crippen LogP contribution < -0.4 is 10.6 Å². The lowest BCUT2D eigenvalue weighted by atomic mass is 9.96. The zero-order chi connectivity index (χ0) is 15.5. The molecule has 2 aromatic heterocycles. The first-order chi connectivity index (χ1) is 10.6. The molecule has 6 nitrogen and oxygen atoms in total. The van der Waals surface area contributed by atoms with E-state index in [1.807, 2.05) is 6.20 Å². The summed E-state index contributed by atoms with van der Waals surface area (Å²) in [6, 6.07) is 0.0890. The molecule has 0 atom stereocenters. The van der Waals surface area contributed by atoms with Crippen molar-refractivity contribution in [1.82, 2.24) is 20.3 Å². The van der Waals surface area contributed by atoms with Crippen molar-refractivity contribution in [3.8, 4) is 0 Å². The molecule has 22 heavy (non-hydrogen) atoms. The number of hydrogen-bond acceptors (Lipinski definition) is 3. The van der Waals surface area contributed by atoms with Gasteiger partial charge in [-0.15, -0.1) is 0 Å². The number of carbonyl (C=O) groups is 1. The fourth-order valence-electron chi connectivity index (χ4n) is 3.00. The van der Waals surface area contributed by atoms with Crippen LogP contribution in [0.15, 0.2) is 12.4 Å². The standard InChI is InChI=1S/C16H23N5O/c1-10(2)12-8-17-15-14(12)20-13(9-18-15)21-16(22)19-11-6-4-3-5-7-11/h8-11H,3-7H2,1-2H3,(H,17,18)(H2,19,20,21,22). The van der Waals surface area contributed by atoms with Gasteiger partial charge in [-0.25, -0.2) is 14.8 Å². The van der Waals surface area contributed by atoms with E-state index in [0.717, 1.165) is 29.6 Å². The van der Waals surface area contributed by atoms with Gasteiger partial charge in [0.25, 0.3) is 0 Å². The Labute approximate surface area is 130 Å². The predicted octanol–water partition coefficient (Wildman–Crippen LogP) is 3.54. The molecule has 1 aliphatic carbocycles. The number of nitrogens with zero attached hydrogens (tertiary/aromatic N) is 2. The van der Waals surface area contributed by atoms with E-state index in [0.29, 0.717) is 11.7 Å². The Kier molecular flexibility index (Phi) is 4.27. The van der Waals surface area contributed by atoms with E-state index < -0.39 is 0 Å². The Balaban J connectivity index is 1.70. The van der Waals surface area contributed by atoms with Crippen LogP contribution in [-0.2, 0) is 0 Å². The summed E-state index contributed by atoms with van der Waals surface area (Å²) in [4.78, 5) is 24.0. The van der Waals surface area contributed by atoms with Crippen LogP contribution in [0, 0.1) is 0 Å². The minimum absolute atomic E-state index is 0.192. The lowest BCUT2D eigenvalue weighted by Crippen LogP contribution is -2.39. The third-order valence-electron chi connectivity index (χ3n) is 4.21. The largest absolute Gasteiger partial charge is 0.345 e. The van der Waals surface area contributed by atoms with E-state index in [-0.39, 0.29) is 12.1 Å².